The van der Waals surface area contributed by atoms with E-state index in [-0.39, 0.29) is 5.92 Å². The standard InChI is InChI=1S/C15H17N5S/c1-9(2)14-19-12(16-3)8-13(20-14)21-15-17-10-6-4-5-7-11(10)18-15/h4-9H,1-3H3,(H,17,18)(H,16,19,20). The van der Waals surface area contributed by atoms with Gasteiger partial charge in [-0.2, -0.15) is 0 Å². The molecule has 0 saturated heterocycles. The Kier molecular flexibility index (Phi) is 3.79. The molecule has 2 N–H and O–H groups in total. The van der Waals surface area contributed by atoms with Gasteiger partial charge in [0.05, 0.1) is 11.0 Å². The summed E-state index contributed by atoms with van der Waals surface area (Å²) in [6.45, 7) is 4.18. The van der Waals surface area contributed by atoms with Gasteiger partial charge in [-0.1, -0.05) is 26.0 Å². The second-order valence-corrected chi connectivity index (χ2v) is 6.02. The summed E-state index contributed by atoms with van der Waals surface area (Å²) in [7, 11) is 1.86. The van der Waals surface area contributed by atoms with E-state index in [1.807, 2.05) is 37.4 Å². The zero-order valence-corrected chi connectivity index (χ0v) is 13.0. The average molecular weight is 299 g/mol. The summed E-state index contributed by atoms with van der Waals surface area (Å²) < 4.78 is 0. The number of nitrogens with zero attached hydrogens (tertiary/aromatic N) is 3. The summed E-state index contributed by atoms with van der Waals surface area (Å²) in [5.41, 5.74) is 2.00. The van der Waals surface area contributed by atoms with E-state index in [2.05, 4.69) is 39.1 Å². The number of para-hydroxylation sites is 2. The molecular formula is C15H17N5S. The maximum atomic E-state index is 4.60. The number of hydrogen-bond acceptors (Lipinski definition) is 5. The number of aromatic amines is 1. The van der Waals surface area contributed by atoms with Crippen molar-refractivity contribution < 1.29 is 0 Å². The molecule has 2 aromatic heterocycles. The number of imidazole rings is 1. The van der Waals surface area contributed by atoms with Crippen molar-refractivity contribution in [2.75, 3.05) is 12.4 Å². The number of nitrogens with one attached hydrogen (secondary N) is 2. The van der Waals surface area contributed by atoms with Crippen LogP contribution < -0.4 is 5.32 Å². The Balaban J connectivity index is 1.94. The van der Waals surface area contributed by atoms with E-state index in [1.165, 1.54) is 11.8 Å². The summed E-state index contributed by atoms with van der Waals surface area (Å²) in [6.07, 6.45) is 0. The molecule has 3 rings (SSSR count). The lowest BCUT2D eigenvalue weighted by molar-refractivity contribution is 0.755. The minimum atomic E-state index is 0.285. The predicted octanol–water partition coefficient (Wildman–Crippen LogP) is 3.67. The molecule has 0 atom stereocenters. The van der Waals surface area contributed by atoms with Crippen molar-refractivity contribution in [1.29, 1.82) is 0 Å². The summed E-state index contributed by atoms with van der Waals surface area (Å²) in [5.74, 6) is 1.95. The normalized spacial score (nSPS) is 11.2. The molecule has 0 fully saturated rings. The molecule has 21 heavy (non-hydrogen) atoms. The summed E-state index contributed by atoms with van der Waals surface area (Å²) in [5, 5.41) is 4.81. The molecule has 0 aliphatic carbocycles. The highest BCUT2D eigenvalue weighted by molar-refractivity contribution is 7.99. The number of fused-ring (bicyclic) bond motifs is 1. The zero-order valence-electron chi connectivity index (χ0n) is 12.2. The van der Waals surface area contributed by atoms with Crippen LogP contribution in [0, 0.1) is 0 Å². The molecule has 5 nitrogen and oxygen atoms in total. The van der Waals surface area contributed by atoms with E-state index in [0.29, 0.717) is 0 Å². The maximum absolute atomic E-state index is 4.60. The van der Waals surface area contributed by atoms with Crippen molar-refractivity contribution >= 4 is 28.6 Å². The van der Waals surface area contributed by atoms with E-state index in [4.69, 9.17) is 0 Å². The second kappa shape index (κ2) is 5.73. The van der Waals surface area contributed by atoms with Gasteiger partial charge in [-0.3, -0.25) is 0 Å². The van der Waals surface area contributed by atoms with Crippen LogP contribution in [0.25, 0.3) is 11.0 Å². The molecule has 6 heteroatoms. The Morgan fingerprint density at radius 1 is 1.14 bits per heavy atom. The summed E-state index contributed by atoms with van der Waals surface area (Å²) in [6, 6.07) is 9.93. The number of benzene rings is 1. The predicted molar refractivity (Wildman–Crippen MR) is 85.9 cm³/mol. The third-order valence-corrected chi connectivity index (χ3v) is 3.87. The Morgan fingerprint density at radius 3 is 2.67 bits per heavy atom. The first kappa shape index (κ1) is 13.9. The van der Waals surface area contributed by atoms with Crippen molar-refractivity contribution in [2.24, 2.45) is 0 Å². The van der Waals surface area contributed by atoms with Crippen LogP contribution in [0.3, 0.4) is 0 Å². The molecule has 0 radical (unpaired) electrons. The van der Waals surface area contributed by atoms with Gasteiger partial charge in [-0.05, 0) is 23.9 Å². The number of aromatic nitrogens is 4. The summed E-state index contributed by atoms with van der Waals surface area (Å²) >= 11 is 1.52. The number of rotatable bonds is 4. The molecule has 0 saturated carbocycles. The largest absolute Gasteiger partial charge is 0.373 e. The minimum Gasteiger partial charge on any atom is -0.373 e. The highest BCUT2D eigenvalue weighted by atomic mass is 32.2. The first-order valence-corrected chi connectivity index (χ1v) is 7.66. The van der Waals surface area contributed by atoms with Crippen LogP contribution >= 0.6 is 11.8 Å². The van der Waals surface area contributed by atoms with E-state index in [0.717, 1.165) is 32.9 Å². The summed E-state index contributed by atoms with van der Waals surface area (Å²) in [4.78, 5) is 16.9. The van der Waals surface area contributed by atoms with Gasteiger partial charge in [0.2, 0.25) is 0 Å². The molecular weight excluding hydrogens is 282 g/mol. The highest BCUT2D eigenvalue weighted by Gasteiger charge is 2.10. The van der Waals surface area contributed by atoms with Gasteiger partial charge in [0.15, 0.2) is 5.16 Å². The van der Waals surface area contributed by atoms with Gasteiger partial charge in [-0.15, -0.1) is 0 Å². The number of H-pyrrole nitrogens is 1. The molecule has 0 bridgehead atoms. The third kappa shape index (κ3) is 3.00. The molecule has 108 valence electrons. The fraction of sp³-hybridized carbons (Fsp3) is 0.267. The van der Waals surface area contributed by atoms with Gasteiger partial charge >= 0.3 is 0 Å². The molecule has 0 aliphatic heterocycles. The van der Waals surface area contributed by atoms with Gasteiger partial charge in [0, 0.05) is 19.0 Å². The van der Waals surface area contributed by atoms with Crippen molar-refractivity contribution in [3.63, 3.8) is 0 Å². The topological polar surface area (TPSA) is 66.5 Å². The van der Waals surface area contributed by atoms with E-state index >= 15 is 0 Å². The van der Waals surface area contributed by atoms with Crippen LogP contribution in [-0.4, -0.2) is 27.0 Å². The van der Waals surface area contributed by atoms with E-state index in [9.17, 15) is 0 Å². The monoisotopic (exact) mass is 299 g/mol. The maximum Gasteiger partial charge on any atom is 0.172 e. The smallest absolute Gasteiger partial charge is 0.172 e. The van der Waals surface area contributed by atoms with Gasteiger partial charge < -0.3 is 10.3 Å². The first-order valence-electron chi connectivity index (χ1n) is 6.85. The quantitative estimate of drug-likeness (QED) is 0.720. The van der Waals surface area contributed by atoms with Crippen LogP contribution in [-0.2, 0) is 0 Å². The Morgan fingerprint density at radius 2 is 1.95 bits per heavy atom. The lowest BCUT2D eigenvalue weighted by Gasteiger charge is -2.08. The van der Waals surface area contributed by atoms with Crippen LogP contribution in [0.2, 0.25) is 0 Å². The fourth-order valence-electron chi connectivity index (χ4n) is 1.96. The third-order valence-electron chi connectivity index (χ3n) is 3.06. The van der Waals surface area contributed by atoms with Crippen LogP contribution in [0.15, 0.2) is 40.5 Å². The molecule has 0 aliphatic rings. The van der Waals surface area contributed by atoms with Crippen LogP contribution in [0.1, 0.15) is 25.6 Å². The van der Waals surface area contributed by atoms with Gasteiger partial charge in [0.1, 0.15) is 16.7 Å². The van der Waals surface area contributed by atoms with Crippen molar-refractivity contribution in [3.8, 4) is 0 Å². The van der Waals surface area contributed by atoms with Gasteiger partial charge in [0.25, 0.3) is 0 Å². The van der Waals surface area contributed by atoms with Crippen molar-refractivity contribution in [1.82, 2.24) is 19.9 Å². The Labute approximate surface area is 127 Å². The molecule has 2 heterocycles. The molecule has 1 aromatic carbocycles. The van der Waals surface area contributed by atoms with Crippen molar-refractivity contribution in [3.05, 3.63) is 36.2 Å². The highest BCUT2D eigenvalue weighted by Crippen LogP contribution is 2.28. The van der Waals surface area contributed by atoms with E-state index in [1.54, 1.807) is 0 Å². The molecule has 3 aromatic rings. The number of hydrogen-bond donors (Lipinski definition) is 2. The molecule has 0 amide bonds. The van der Waals surface area contributed by atoms with Gasteiger partial charge in [-0.25, -0.2) is 15.0 Å². The van der Waals surface area contributed by atoms with Crippen LogP contribution in [0.5, 0.6) is 0 Å². The van der Waals surface area contributed by atoms with Crippen LogP contribution in [0.4, 0.5) is 5.82 Å². The number of anilines is 1. The minimum absolute atomic E-state index is 0.285. The zero-order chi connectivity index (χ0) is 14.8. The lowest BCUT2D eigenvalue weighted by atomic mass is 10.2. The van der Waals surface area contributed by atoms with Crippen molar-refractivity contribution in [2.45, 2.75) is 29.9 Å². The Bertz CT molecular complexity index is 733. The first-order chi connectivity index (χ1) is 10.2. The fourth-order valence-corrected chi connectivity index (χ4v) is 2.77. The lowest BCUT2D eigenvalue weighted by Crippen LogP contribution is -2.02. The van der Waals surface area contributed by atoms with E-state index < -0.39 is 0 Å². The second-order valence-electron chi connectivity index (χ2n) is 5.02. The SMILES string of the molecule is CNc1cc(Sc2nc3ccccc3[nH]2)nc(C(C)C)n1. The molecule has 0 unspecified atom stereocenters. The average Bonchev–Trinajstić information content (AvgIpc) is 2.88. The molecule has 0 spiro atoms. The Hall–Kier alpha value is -2.08.